The van der Waals surface area contributed by atoms with Crippen LogP contribution in [0.25, 0.3) is 0 Å². The maximum atomic E-state index is 13.5. The predicted octanol–water partition coefficient (Wildman–Crippen LogP) is 2.40. The number of hydrogen-bond donors (Lipinski definition) is 3. The molecular formula is C11H6BrF2N3O3. The van der Waals surface area contributed by atoms with Crippen LogP contribution in [0.15, 0.2) is 22.9 Å². The fourth-order valence-corrected chi connectivity index (χ4v) is 1.77. The van der Waals surface area contributed by atoms with Crippen LogP contribution in [0.1, 0.15) is 21.0 Å². The smallest absolute Gasteiger partial charge is 0.354 e. The van der Waals surface area contributed by atoms with Gasteiger partial charge in [-0.25, -0.2) is 18.6 Å². The van der Waals surface area contributed by atoms with E-state index in [9.17, 15) is 18.4 Å². The second-order valence-corrected chi connectivity index (χ2v) is 4.49. The van der Waals surface area contributed by atoms with E-state index in [2.05, 4.69) is 31.2 Å². The third kappa shape index (κ3) is 2.67. The molecule has 0 aliphatic heterocycles. The molecule has 104 valence electrons. The minimum Gasteiger partial charge on any atom is -0.477 e. The molecule has 0 spiro atoms. The molecule has 0 aliphatic carbocycles. The van der Waals surface area contributed by atoms with Gasteiger partial charge < -0.3 is 15.4 Å². The van der Waals surface area contributed by atoms with E-state index in [1.54, 1.807) is 0 Å². The summed E-state index contributed by atoms with van der Waals surface area (Å²) in [5.41, 5.74) is -1.14. The third-order valence-electron chi connectivity index (χ3n) is 2.33. The number of nitrogens with one attached hydrogen (secondary N) is 2. The Kier molecular flexibility index (Phi) is 3.79. The summed E-state index contributed by atoms with van der Waals surface area (Å²) in [5.74, 6) is -4.13. The van der Waals surface area contributed by atoms with E-state index in [0.29, 0.717) is 6.07 Å². The van der Waals surface area contributed by atoms with Crippen molar-refractivity contribution in [2.24, 2.45) is 0 Å². The molecule has 6 nitrogen and oxygen atoms in total. The Hall–Kier alpha value is -2.29. The molecule has 1 heterocycles. The van der Waals surface area contributed by atoms with Gasteiger partial charge >= 0.3 is 5.97 Å². The number of aromatic amines is 1. The van der Waals surface area contributed by atoms with Crippen LogP contribution in [0.5, 0.6) is 0 Å². The number of amides is 1. The Balaban J connectivity index is 2.30. The Morgan fingerprint density at radius 1 is 1.30 bits per heavy atom. The normalized spacial score (nSPS) is 10.3. The van der Waals surface area contributed by atoms with Gasteiger partial charge in [-0.1, -0.05) is 0 Å². The predicted molar refractivity (Wildman–Crippen MR) is 67.6 cm³/mol. The van der Waals surface area contributed by atoms with E-state index >= 15 is 0 Å². The van der Waals surface area contributed by atoms with Crippen molar-refractivity contribution in [3.05, 3.63) is 46.0 Å². The highest BCUT2D eigenvalue weighted by Gasteiger charge is 2.21. The Morgan fingerprint density at radius 2 is 2.00 bits per heavy atom. The number of rotatable bonds is 3. The van der Waals surface area contributed by atoms with Crippen molar-refractivity contribution in [2.75, 3.05) is 5.32 Å². The van der Waals surface area contributed by atoms with Gasteiger partial charge in [0.2, 0.25) is 0 Å². The molecule has 9 heteroatoms. The Labute approximate surface area is 119 Å². The lowest BCUT2D eigenvalue weighted by atomic mass is 10.2. The lowest BCUT2D eigenvalue weighted by Crippen LogP contribution is -2.17. The summed E-state index contributed by atoms with van der Waals surface area (Å²) in [6.45, 7) is 0. The molecule has 0 bridgehead atoms. The number of halogens is 3. The molecular weight excluding hydrogens is 340 g/mol. The van der Waals surface area contributed by atoms with Crippen molar-refractivity contribution in [1.82, 2.24) is 9.97 Å². The number of carbonyl (C=O) groups excluding carboxylic acids is 1. The number of carboxylic acids is 1. The van der Waals surface area contributed by atoms with E-state index < -0.39 is 34.9 Å². The fraction of sp³-hybridized carbons (Fsp3) is 0. The first-order valence-corrected chi connectivity index (χ1v) is 5.92. The number of benzene rings is 1. The number of carbonyl (C=O) groups is 2. The molecule has 1 amide bonds. The van der Waals surface area contributed by atoms with Gasteiger partial charge in [-0.3, -0.25) is 4.79 Å². The van der Waals surface area contributed by atoms with Crippen molar-refractivity contribution in [3.63, 3.8) is 0 Å². The Morgan fingerprint density at radius 3 is 2.65 bits per heavy atom. The molecule has 0 atom stereocenters. The molecule has 0 saturated carbocycles. The average molecular weight is 346 g/mol. The van der Waals surface area contributed by atoms with E-state index in [1.165, 1.54) is 0 Å². The zero-order valence-corrected chi connectivity index (χ0v) is 11.2. The number of aromatic carboxylic acids is 1. The van der Waals surface area contributed by atoms with Gasteiger partial charge in [0.15, 0.2) is 11.4 Å². The van der Waals surface area contributed by atoms with Crippen molar-refractivity contribution in [1.29, 1.82) is 0 Å². The summed E-state index contributed by atoms with van der Waals surface area (Å²) in [6, 6.07) is 1.61. The van der Waals surface area contributed by atoms with Crippen LogP contribution in [0.4, 0.5) is 14.5 Å². The maximum Gasteiger partial charge on any atom is 0.354 e. The van der Waals surface area contributed by atoms with Crippen molar-refractivity contribution in [2.45, 2.75) is 0 Å². The van der Waals surface area contributed by atoms with E-state index in [4.69, 9.17) is 5.11 Å². The number of imidazole rings is 1. The summed E-state index contributed by atoms with van der Waals surface area (Å²) < 4.78 is 26.5. The van der Waals surface area contributed by atoms with Gasteiger partial charge in [-0.05, 0) is 22.0 Å². The molecule has 3 N–H and O–H groups in total. The minimum atomic E-state index is -1.38. The van der Waals surface area contributed by atoms with Crippen LogP contribution in [-0.2, 0) is 0 Å². The van der Waals surface area contributed by atoms with E-state index in [0.717, 1.165) is 12.4 Å². The Bertz CT molecular complexity index is 702. The first-order valence-electron chi connectivity index (χ1n) is 5.12. The van der Waals surface area contributed by atoms with Crippen molar-refractivity contribution in [3.8, 4) is 0 Å². The molecule has 2 aromatic rings. The highest BCUT2D eigenvalue weighted by atomic mass is 79.9. The molecule has 0 unspecified atom stereocenters. The third-order valence-corrected chi connectivity index (χ3v) is 2.93. The number of H-pyrrole nitrogens is 1. The molecule has 0 aliphatic rings. The lowest BCUT2D eigenvalue weighted by molar-refractivity contribution is 0.0686. The molecule has 20 heavy (non-hydrogen) atoms. The van der Waals surface area contributed by atoms with Crippen LogP contribution in [-0.4, -0.2) is 27.0 Å². The van der Waals surface area contributed by atoms with Crippen LogP contribution >= 0.6 is 15.9 Å². The number of anilines is 1. The standard InChI is InChI=1S/C11H6BrF2N3O3/c12-4-1-7(6(14)2-5(4)13)17-10(18)8-9(11(19)20)16-3-15-8/h1-3H,(H,15,16)(H,17,18)(H,19,20). The van der Waals surface area contributed by atoms with Gasteiger partial charge in [0.25, 0.3) is 5.91 Å². The quantitative estimate of drug-likeness (QED) is 0.744. The van der Waals surface area contributed by atoms with Crippen molar-refractivity contribution < 1.29 is 23.5 Å². The van der Waals surface area contributed by atoms with Crippen LogP contribution < -0.4 is 5.32 Å². The van der Waals surface area contributed by atoms with E-state index in [1.807, 2.05) is 0 Å². The molecule has 0 saturated heterocycles. The largest absolute Gasteiger partial charge is 0.477 e. The topological polar surface area (TPSA) is 95.1 Å². The second kappa shape index (κ2) is 5.37. The molecule has 0 fully saturated rings. The van der Waals surface area contributed by atoms with Gasteiger partial charge in [0.1, 0.15) is 11.6 Å². The van der Waals surface area contributed by atoms with Gasteiger partial charge in [0.05, 0.1) is 16.5 Å². The van der Waals surface area contributed by atoms with Crippen LogP contribution in [0.3, 0.4) is 0 Å². The first-order chi connectivity index (χ1) is 9.40. The summed E-state index contributed by atoms with van der Waals surface area (Å²) in [5, 5.41) is 10.9. The van der Waals surface area contributed by atoms with Gasteiger partial charge in [-0.15, -0.1) is 0 Å². The summed E-state index contributed by atoms with van der Waals surface area (Å²) >= 11 is 2.85. The van der Waals surface area contributed by atoms with Gasteiger partial charge in [0, 0.05) is 6.07 Å². The molecule has 0 radical (unpaired) electrons. The first kappa shape index (κ1) is 14.1. The SMILES string of the molecule is O=C(Nc1cc(Br)c(F)cc1F)c1nc[nH]c1C(=O)O. The zero-order chi connectivity index (χ0) is 14.9. The highest BCUT2D eigenvalue weighted by Crippen LogP contribution is 2.24. The molecule has 1 aromatic heterocycles. The summed E-state index contributed by atoms with van der Waals surface area (Å²) in [6.07, 6.45) is 1.02. The van der Waals surface area contributed by atoms with Crippen LogP contribution in [0.2, 0.25) is 0 Å². The van der Waals surface area contributed by atoms with E-state index in [-0.39, 0.29) is 10.2 Å². The lowest BCUT2D eigenvalue weighted by Gasteiger charge is -2.06. The number of nitrogens with zero attached hydrogens (tertiary/aromatic N) is 1. The highest BCUT2D eigenvalue weighted by molar-refractivity contribution is 9.10. The minimum absolute atomic E-state index is 0.0466. The summed E-state index contributed by atoms with van der Waals surface area (Å²) in [7, 11) is 0. The zero-order valence-electron chi connectivity index (χ0n) is 9.58. The number of aromatic nitrogens is 2. The fourth-order valence-electron chi connectivity index (χ4n) is 1.43. The van der Waals surface area contributed by atoms with Crippen LogP contribution in [0, 0.1) is 11.6 Å². The monoisotopic (exact) mass is 345 g/mol. The second-order valence-electron chi connectivity index (χ2n) is 3.63. The van der Waals surface area contributed by atoms with Gasteiger partial charge in [-0.2, -0.15) is 0 Å². The molecule has 1 aromatic carbocycles. The maximum absolute atomic E-state index is 13.5. The number of hydrogen-bond acceptors (Lipinski definition) is 3. The summed E-state index contributed by atoms with van der Waals surface area (Å²) in [4.78, 5) is 28.5. The average Bonchev–Trinajstić information content (AvgIpc) is 2.85. The number of carboxylic acid groups (broad SMARTS) is 1. The molecule has 2 rings (SSSR count). The van der Waals surface area contributed by atoms with Crippen molar-refractivity contribution >= 4 is 33.5 Å².